The third-order valence-corrected chi connectivity index (χ3v) is 4.96. The first-order chi connectivity index (χ1) is 16.0. The van der Waals surface area contributed by atoms with Crippen LogP contribution in [0, 0.1) is 18.3 Å². The van der Waals surface area contributed by atoms with Crippen molar-refractivity contribution in [2.45, 2.75) is 24.6 Å². The summed E-state index contributed by atoms with van der Waals surface area (Å²) in [6.45, 7) is 3.12. The van der Waals surface area contributed by atoms with Gasteiger partial charge in [-0.05, 0) is 31.5 Å². The Bertz CT molecular complexity index is 1180. The Morgan fingerprint density at radius 1 is 1.24 bits per heavy atom. The van der Waals surface area contributed by atoms with E-state index in [0.717, 1.165) is 28.2 Å². The maximum Gasteiger partial charge on any atom is 0.451 e. The zero-order valence-electron chi connectivity index (χ0n) is 18.5. The summed E-state index contributed by atoms with van der Waals surface area (Å²) in [5, 5.41) is 17.0. The first kappa shape index (κ1) is 27.3. The first-order valence-corrected chi connectivity index (χ1v) is 10.9. The number of rotatable bonds is 9. The molecule has 8 nitrogen and oxygen atoms in total. The van der Waals surface area contributed by atoms with Gasteiger partial charge >= 0.3 is 10.1 Å². The van der Waals surface area contributed by atoms with Gasteiger partial charge in [-0.2, -0.15) is 14.0 Å². The van der Waals surface area contributed by atoms with Crippen molar-refractivity contribution in [3.05, 3.63) is 63.2 Å². The molecule has 0 radical (unpaired) electrons. The van der Waals surface area contributed by atoms with Gasteiger partial charge in [-0.15, -0.1) is 0 Å². The summed E-state index contributed by atoms with van der Waals surface area (Å²) >= 11 is 6.85. The number of hydrogen-bond donors (Lipinski definition) is 0. The van der Waals surface area contributed by atoms with Gasteiger partial charge in [0.15, 0.2) is 11.5 Å². The number of alkyl halides is 3. The fourth-order valence-corrected chi connectivity index (χ4v) is 3.38. The summed E-state index contributed by atoms with van der Waals surface area (Å²) in [7, 11) is 2.50. The lowest BCUT2D eigenvalue weighted by Crippen LogP contribution is -2.20. The number of carbonyl (C=O) groups excluding carboxylic acids is 1. The minimum absolute atomic E-state index is 0.0155. The van der Waals surface area contributed by atoms with Gasteiger partial charge in [0, 0.05) is 11.1 Å². The molecule has 0 fully saturated rings. The molecule has 12 heteroatoms. The van der Waals surface area contributed by atoms with Crippen LogP contribution in [-0.4, -0.2) is 35.7 Å². The number of hydrogen-bond acceptors (Lipinski definition) is 8. The van der Waals surface area contributed by atoms with E-state index < -0.39 is 15.8 Å². The van der Waals surface area contributed by atoms with Crippen molar-refractivity contribution < 1.29 is 32.7 Å². The molecule has 2 aromatic carbocycles. The number of nitrogens with zero attached hydrogens (tertiary/aromatic N) is 3. The average molecular weight is 606 g/mol. The second kappa shape index (κ2) is 11.9. The molecule has 0 aliphatic rings. The molecule has 2 aromatic rings. The van der Waals surface area contributed by atoms with Crippen LogP contribution in [0.3, 0.4) is 0 Å². The summed E-state index contributed by atoms with van der Waals surface area (Å²) in [5.41, 5.74) is 1.69. The van der Waals surface area contributed by atoms with E-state index in [4.69, 9.17) is 26.0 Å². The van der Waals surface area contributed by atoms with Crippen LogP contribution in [0.2, 0.25) is 5.02 Å². The lowest BCUT2D eigenvalue weighted by Gasteiger charge is -2.17. The van der Waals surface area contributed by atoms with Crippen molar-refractivity contribution in [3.8, 4) is 11.8 Å². The number of esters is 1. The Morgan fingerprint density at radius 3 is 2.53 bits per heavy atom. The van der Waals surface area contributed by atoms with E-state index in [1.165, 1.54) is 33.3 Å². The number of nitriles is 1. The zero-order valence-corrected chi connectivity index (χ0v) is 21.4. The van der Waals surface area contributed by atoms with Crippen molar-refractivity contribution in [2.24, 2.45) is 10.3 Å². The summed E-state index contributed by atoms with van der Waals surface area (Å²) in [6.07, 6.45) is 0. The van der Waals surface area contributed by atoms with Crippen molar-refractivity contribution in [1.82, 2.24) is 0 Å². The molecule has 180 valence electrons. The highest BCUT2D eigenvalue weighted by Gasteiger charge is 2.30. The topological polar surface area (TPSA) is 103 Å². The Balaban J connectivity index is 2.45. The predicted molar refractivity (Wildman–Crippen MR) is 130 cm³/mol. The maximum atomic E-state index is 13.6. The number of methoxy groups -OCH3 is 1. The van der Waals surface area contributed by atoms with Gasteiger partial charge in [0.2, 0.25) is 0 Å². The second-order valence-corrected chi connectivity index (χ2v) is 8.29. The van der Waals surface area contributed by atoms with Crippen LogP contribution in [0.1, 0.15) is 34.7 Å². The van der Waals surface area contributed by atoms with Gasteiger partial charge in [-0.3, -0.25) is 0 Å². The van der Waals surface area contributed by atoms with Gasteiger partial charge < -0.3 is 19.1 Å². The molecule has 0 saturated carbocycles. The van der Waals surface area contributed by atoms with E-state index in [2.05, 4.69) is 15.0 Å². The molecule has 0 heterocycles. The third kappa shape index (κ3) is 6.77. The van der Waals surface area contributed by atoms with Crippen LogP contribution in [-0.2, 0) is 25.8 Å². The predicted octanol–water partition coefficient (Wildman–Crippen LogP) is 5.35. The number of carbonyl (C=O) groups is 1. The van der Waals surface area contributed by atoms with Gasteiger partial charge in [-0.25, -0.2) is 4.79 Å². The molecule has 0 spiro atoms. The van der Waals surface area contributed by atoms with Crippen LogP contribution < -0.4 is 4.74 Å². The summed E-state index contributed by atoms with van der Waals surface area (Å²) < 4.78 is 33.0. The molecule has 0 amide bonds. The van der Waals surface area contributed by atoms with E-state index in [9.17, 15) is 18.8 Å². The highest BCUT2D eigenvalue weighted by molar-refractivity contribution is 14.1. The molecule has 0 unspecified atom stereocenters. The Kier molecular flexibility index (Phi) is 9.57. The molecule has 0 N–H and O–H groups in total. The average Bonchev–Trinajstić information content (AvgIpc) is 2.78. The molecular weight excluding hydrogens is 587 g/mol. The molecule has 0 aromatic heterocycles. The highest BCUT2D eigenvalue weighted by atomic mass is 127. The fourth-order valence-electron chi connectivity index (χ4n) is 2.96. The van der Waals surface area contributed by atoms with Crippen molar-refractivity contribution >= 4 is 51.6 Å². The lowest BCUT2D eigenvalue weighted by atomic mass is 9.99. The summed E-state index contributed by atoms with van der Waals surface area (Å²) in [5.74, 6) is -1.12. The molecule has 2 rings (SSSR count). The quantitative estimate of drug-likeness (QED) is 0.126. The normalized spacial score (nSPS) is 12.1. The van der Waals surface area contributed by atoms with E-state index in [1.54, 1.807) is 25.1 Å². The molecular formula is C22H19ClF2IN3O5. The van der Waals surface area contributed by atoms with Crippen LogP contribution in [0.15, 0.2) is 40.6 Å². The smallest absolute Gasteiger partial charge is 0.451 e. The van der Waals surface area contributed by atoms with E-state index in [-0.39, 0.29) is 34.2 Å². The SMILES string of the molecule is CO/N=C(/C(=O)OC)c1cccc(C)c1CO/N=C(\C)c1c(C#N)ccc(Cl)c1OC(F)(F)I. The number of benzene rings is 2. The van der Waals surface area contributed by atoms with E-state index >= 15 is 0 Å². The van der Waals surface area contributed by atoms with Crippen molar-refractivity contribution in [2.75, 3.05) is 14.2 Å². The molecule has 0 saturated heterocycles. The van der Waals surface area contributed by atoms with Crippen LogP contribution in [0.5, 0.6) is 5.75 Å². The standard InChI is InChI=1S/C22H19ClF2IN3O5/c1-12-6-5-7-15(19(29-32-4)21(30)31-3)16(12)11-33-28-13(2)18-14(10-27)8-9-17(23)20(18)34-22(24,25)26/h5-9H,11H2,1-4H3/b28-13+,29-19+. The Hall–Kier alpha value is -2.98. The highest BCUT2D eigenvalue weighted by Crippen LogP contribution is 2.37. The van der Waals surface area contributed by atoms with Gasteiger partial charge in [0.25, 0.3) is 0 Å². The minimum atomic E-state index is -3.58. The maximum absolute atomic E-state index is 13.6. The zero-order chi connectivity index (χ0) is 25.5. The molecule has 0 aliphatic heterocycles. The second-order valence-electron chi connectivity index (χ2n) is 6.62. The Labute approximate surface area is 213 Å². The third-order valence-electron chi connectivity index (χ3n) is 4.45. The minimum Gasteiger partial charge on any atom is -0.464 e. The molecule has 0 atom stereocenters. The van der Waals surface area contributed by atoms with E-state index in [0.29, 0.717) is 11.1 Å². The fraction of sp³-hybridized carbons (Fsp3) is 0.273. The van der Waals surface area contributed by atoms with Crippen LogP contribution in [0.25, 0.3) is 0 Å². The molecule has 0 aliphatic carbocycles. The number of ether oxygens (including phenoxy) is 2. The van der Waals surface area contributed by atoms with Crippen LogP contribution >= 0.6 is 34.2 Å². The monoisotopic (exact) mass is 605 g/mol. The number of oxime groups is 2. The first-order valence-electron chi connectivity index (χ1n) is 9.47. The summed E-state index contributed by atoms with van der Waals surface area (Å²) in [4.78, 5) is 22.4. The number of aryl methyl sites for hydroxylation is 1. The van der Waals surface area contributed by atoms with Crippen molar-refractivity contribution in [3.63, 3.8) is 0 Å². The van der Waals surface area contributed by atoms with E-state index in [1.807, 2.05) is 6.07 Å². The van der Waals surface area contributed by atoms with Gasteiger partial charge in [0.05, 0.1) is 57.6 Å². The largest absolute Gasteiger partial charge is 0.464 e. The van der Waals surface area contributed by atoms with Gasteiger partial charge in [-0.1, -0.05) is 40.1 Å². The van der Waals surface area contributed by atoms with Crippen molar-refractivity contribution in [1.29, 1.82) is 5.26 Å². The number of halogens is 4. The van der Waals surface area contributed by atoms with Gasteiger partial charge in [0.1, 0.15) is 13.7 Å². The lowest BCUT2D eigenvalue weighted by molar-refractivity contribution is -0.132. The summed E-state index contributed by atoms with van der Waals surface area (Å²) in [6, 6.07) is 9.68. The Morgan fingerprint density at radius 2 is 1.94 bits per heavy atom. The molecule has 0 bridgehead atoms. The molecule has 34 heavy (non-hydrogen) atoms. The van der Waals surface area contributed by atoms with Crippen LogP contribution in [0.4, 0.5) is 8.78 Å².